The Morgan fingerprint density at radius 1 is 1.32 bits per heavy atom. The van der Waals surface area contributed by atoms with Crippen molar-refractivity contribution in [1.82, 2.24) is 5.32 Å². The van der Waals surface area contributed by atoms with E-state index < -0.39 is 11.0 Å². The first-order valence-corrected chi connectivity index (χ1v) is 7.63. The highest BCUT2D eigenvalue weighted by atomic mass is 16.6. The zero-order valence-electron chi connectivity index (χ0n) is 13.8. The van der Waals surface area contributed by atoms with Gasteiger partial charge in [-0.1, -0.05) is 42.5 Å². The topological polar surface area (TPSA) is 107 Å². The Morgan fingerprint density at radius 3 is 2.72 bits per heavy atom. The lowest BCUT2D eigenvalue weighted by molar-refractivity contribution is -0.383. The van der Waals surface area contributed by atoms with Crippen LogP contribution in [0.4, 0.5) is 16.2 Å². The number of carbonyl (C=O) groups is 1. The summed E-state index contributed by atoms with van der Waals surface area (Å²) in [5, 5.41) is 13.5. The van der Waals surface area contributed by atoms with Crippen molar-refractivity contribution in [2.24, 2.45) is 0 Å². The summed E-state index contributed by atoms with van der Waals surface area (Å²) in [5.74, 6) is 0. The Kier molecular flexibility index (Phi) is 6.11. The van der Waals surface area contributed by atoms with Crippen molar-refractivity contribution in [2.45, 2.75) is 13.5 Å². The molecule has 0 aliphatic heterocycles. The first kappa shape index (κ1) is 18.0. The molecule has 25 heavy (non-hydrogen) atoms. The quantitative estimate of drug-likeness (QED) is 0.475. The number of nitrogens with two attached hydrogens (primary N) is 1. The summed E-state index contributed by atoms with van der Waals surface area (Å²) in [6.07, 6.45) is 2.74. The number of aryl methyl sites for hydroxylation is 1. The van der Waals surface area contributed by atoms with Gasteiger partial charge in [0.25, 0.3) is 5.69 Å². The molecule has 7 nitrogen and oxygen atoms in total. The van der Waals surface area contributed by atoms with Crippen molar-refractivity contribution in [3.8, 4) is 0 Å². The molecule has 0 saturated carbocycles. The fourth-order valence-corrected chi connectivity index (χ4v) is 2.20. The van der Waals surface area contributed by atoms with Gasteiger partial charge in [-0.15, -0.1) is 0 Å². The van der Waals surface area contributed by atoms with Crippen molar-refractivity contribution < 1.29 is 14.5 Å². The number of hydrogen-bond donors (Lipinski definition) is 2. The van der Waals surface area contributed by atoms with Crippen LogP contribution in [0.3, 0.4) is 0 Å². The van der Waals surface area contributed by atoms with E-state index in [-0.39, 0.29) is 24.5 Å². The summed E-state index contributed by atoms with van der Waals surface area (Å²) in [4.78, 5) is 22.1. The molecule has 3 N–H and O–H groups in total. The molecular weight excluding hydrogens is 322 g/mol. The molecule has 2 aromatic carbocycles. The van der Waals surface area contributed by atoms with Crippen LogP contribution in [0.25, 0.3) is 6.08 Å². The summed E-state index contributed by atoms with van der Waals surface area (Å²) < 4.78 is 5.08. The van der Waals surface area contributed by atoms with Gasteiger partial charge in [-0.2, -0.15) is 0 Å². The number of ether oxygens (including phenoxy) is 1. The second-order valence-electron chi connectivity index (χ2n) is 5.39. The van der Waals surface area contributed by atoms with E-state index in [1.54, 1.807) is 25.1 Å². The molecule has 0 heterocycles. The van der Waals surface area contributed by atoms with Gasteiger partial charge in [-0.3, -0.25) is 10.1 Å². The van der Waals surface area contributed by atoms with E-state index >= 15 is 0 Å². The molecule has 1 amide bonds. The van der Waals surface area contributed by atoms with Crippen LogP contribution in [0.15, 0.2) is 48.5 Å². The number of carbonyl (C=O) groups excluding carboxylic acids is 1. The molecule has 0 radical (unpaired) electrons. The Balaban J connectivity index is 1.87. The van der Waals surface area contributed by atoms with E-state index in [0.29, 0.717) is 5.56 Å². The number of anilines is 1. The second kappa shape index (κ2) is 8.49. The lowest BCUT2D eigenvalue weighted by Crippen LogP contribution is -2.24. The number of alkyl carbamates (subject to hydrolysis) is 1. The van der Waals surface area contributed by atoms with Crippen molar-refractivity contribution in [1.29, 1.82) is 0 Å². The van der Waals surface area contributed by atoms with E-state index in [2.05, 4.69) is 5.32 Å². The van der Waals surface area contributed by atoms with Crippen LogP contribution >= 0.6 is 0 Å². The fourth-order valence-electron chi connectivity index (χ4n) is 2.20. The Hall–Kier alpha value is -3.35. The van der Waals surface area contributed by atoms with Crippen LogP contribution in [-0.4, -0.2) is 17.6 Å². The smallest absolute Gasteiger partial charge is 0.407 e. The monoisotopic (exact) mass is 341 g/mol. The van der Waals surface area contributed by atoms with Crippen molar-refractivity contribution >= 4 is 23.5 Å². The largest absolute Gasteiger partial charge is 0.445 e. The molecule has 2 aromatic rings. The molecular formula is C18H19N3O4. The van der Waals surface area contributed by atoms with Crippen LogP contribution in [0.5, 0.6) is 0 Å². The third kappa shape index (κ3) is 5.35. The van der Waals surface area contributed by atoms with Gasteiger partial charge in [0.2, 0.25) is 0 Å². The molecule has 0 aliphatic carbocycles. The maximum atomic E-state index is 11.6. The number of nitro groups is 1. The SMILES string of the molecule is Cc1cc(C=CCNC(=O)OCc2ccccc2)c(N)c([N+](=O)[O-])c1. The number of benzene rings is 2. The number of nitrogens with one attached hydrogen (secondary N) is 1. The lowest BCUT2D eigenvalue weighted by atomic mass is 10.1. The molecule has 7 heteroatoms. The van der Waals surface area contributed by atoms with Gasteiger partial charge in [0.15, 0.2) is 0 Å². The molecule has 0 atom stereocenters. The third-order valence-electron chi connectivity index (χ3n) is 3.41. The third-order valence-corrected chi connectivity index (χ3v) is 3.41. The molecule has 0 saturated heterocycles. The van der Waals surface area contributed by atoms with E-state index in [4.69, 9.17) is 10.5 Å². The Morgan fingerprint density at radius 2 is 2.04 bits per heavy atom. The summed E-state index contributed by atoms with van der Waals surface area (Å²) in [5.41, 5.74) is 7.93. The number of nitrogens with zero attached hydrogens (tertiary/aromatic N) is 1. The molecule has 0 unspecified atom stereocenters. The van der Waals surface area contributed by atoms with E-state index in [1.165, 1.54) is 6.07 Å². The molecule has 0 aliphatic rings. The second-order valence-corrected chi connectivity index (χ2v) is 5.39. The molecule has 0 bridgehead atoms. The van der Waals surface area contributed by atoms with Crippen molar-refractivity contribution in [3.05, 3.63) is 75.3 Å². The minimum absolute atomic E-state index is 0.0958. The first-order chi connectivity index (χ1) is 12.0. The standard InChI is InChI=1S/C18H19N3O4/c1-13-10-15(17(19)16(11-13)21(23)24)8-5-9-20-18(22)25-12-14-6-3-2-4-7-14/h2-8,10-11H,9,12,19H2,1H3,(H,20,22). The van der Waals surface area contributed by atoms with Crippen LogP contribution in [-0.2, 0) is 11.3 Å². The molecule has 130 valence electrons. The number of nitrogen functional groups attached to an aromatic ring is 1. The molecule has 0 fully saturated rings. The van der Waals surface area contributed by atoms with Gasteiger partial charge in [0.05, 0.1) is 4.92 Å². The fraction of sp³-hybridized carbons (Fsp3) is 0.167. The first-order valence-electron chi connectivity index (χ1n) is 7.63. The molecule has 2 rings (SSSR count). The predicted octanol–water partition coefficient (Wildman–Crippen LogP) is 3.43. The molecule has 0 spiro atoms. The van der Waals surface area contributed by atoms with Gasteiger partial charge < -0.3 is 15.8 Å². The summed E-state index contributed by atoms with van der Waals surface area (Å²) >= 11 is 0. The average Bonchev–Trinajstić information content (AvgIpc) is 2.60. The number of rotatable bonds is 6. The van der Waals surface area contributed by atoms with E-state index in [0.717, 1.165) is 11.1 Å². The van der Waals surface area contributed by atoms with Gasteiger partial charge in [0.1, 0.15) is 12.3 Å². The zero-order valence-corrected chi connectivity index (χ0v) is 13.8. The maximum Gasteiger partial charge on any atom is 0.407 e. The summed E-state index contributed by atoms with van der Waals surface area (Å²) in [6, 6.07) is 12.5. The van der Waals surface area contributed by atoms with Crippen molar-refractivity contribution in [2.75, 3.05) is 12.3 Å². The van der Waals surface area contributed by atoms with E-state index in [1.807, 2.05) is 30.3 Å². The van der Waals surface area contributed by atoms with Gasteiger partial charge in [0, 0.05) is 18.2 Å². The highest BCUT2D eigenvalue weighted by molar-refractivity contribution is 5.74. The van der Waals surface area contributed by atoms with Gasteiger partial charge in [-0.05, 0) is 24.1 Å². The lowest BCUT2D eigenvalue weighted by Gasteiger charge is -2.06. The highest BCUT2D eigenvalue weighted by Gasteiger charge is 2.14. The minimum atomic E-state index is -0.545. The number of amides is 1. The minimum Gasteiger partial charge on any atom is -0.445 e. The molecule has 0 aromatic heterocycles. The zero-order chi connectivity index (χ0) is 18.2. The number of hydrogen-bond acceptors (Lipinski definition) is 5. The summed E-state index contributed by atoms with van der Waals surface area (Å²) in [7, 11) is 0. The average molecular weight is 341 g/mol. The maximum absolute atomic E-state index is 11.6. The Labute approximate surface area is 145 Å². The van der Waals surface area contributed by atoms with Crippen LogP contribution in [0.2, 0.25) is 0 Å². The Bertz CT molecular complexity index is 788. The van der Waals surface area contributed by atoms with Gasteiger partial charge in [-0.25, -0.2) is 4.79 Å². The van der Waals surface area contributed by atoms with E-state index in [9.17, 15) is 14.9 Å². The van der Waals surface area contributed by atoms with Crippen LogP contribution in [0, 0.1) is 17.0 Å². The van der Waals surface area contributed by atoms with Crippen molar-refractivity contribution in [3.63, 3.8) is 0 Å². The van der Waals surface area contributed by atoms with Crippen LogP contribution in [0.1, 0.15) is 16.7 Å². The van der Waals surface area contributed by atoms with Gasteiger partial charge >= 0.3 is 6.09 Å². The van der Waals surface area contributed by atoms with Crippen LogP contribution < -0.4 is 11.1 Å². The normalized spacial score (nSPS) is 10.6. The predicted molar refractivity (Wildman–Crippen MR) is 95.9 cm³/mol. The highest BCUT2D eigenvalue weighted by Crippen LogP contribution is 2.27. The number of nitro benzene ring substituents is 1. The summed E-state index contributed by atoms with van der Waals surface area (Å²) in [6.45, 7) is 2.16.